The third kappa shape index (κ3) is 1.99. The standard InChI is InChI=1S/C10H21NO/c1-7(2)11-6-8(3)10(12)5-9(11)4/h7-10,12H,5-6H2,1-4H3/t8-,9+,10+/m1/s1. The van der Waals surface area contributed by atoms with Gasteiger partial charge in [-0.3, -0.25) is 4.90 Å². The summed E-state index contributed by atoms with van der Waals surface area (Å²) in [6, 6.07) is 1.14. The first-order valence-corrected chi connectivity index (χ1v) is 4.96. The molecule has 12 heavy (non-hydrogen) atoms. The maximum Gasteiger partial charge on any atom is 0.0592 e. The van der Waals surface area contributed by atoms with Crippen LogP contribution in [0.5, 0.6) is 0 Å². The third-order valence-corrected chi connectivity index (χ3v) is 2.97. The smallest absolute Gasteiger partial charge is 0.0592 e. The zero-order valence-corrected chi connectivity index (χ0v) is 8.62. The Bertz CT molecular complexity index is 147. The average Bonchev–Trinajstić information content (AvgIpc) is 1.96. The summed E-state index contributed by atoms with van der Waals surface area (Å²) in [7, 11) is 0. The molecule has 1 rings (SSSR count). The summed E-state index contributed by atoms with van der Waals surface area (Å²) in [6.07, 6.45) is 0.842. The predicted molar refractivity (Wildman–Crippen MR) is 51.1 cm³/mol. The number of likely N-dealkylation sites (tertiary alicyclic amines) is 1. The molecule has 0 unspecified atom stereocenters. The molecular formula is C10H21NO. The molecule has 0 saturated carbocycles. The maximum atomic E-state index is 9.62. The van der Waals surface area contributed by atoms with Crippen LogP contribution in [0, 0.1) is 5.92 Å². The first kappa shape index (κ1) is 10.0. The molecule has 1 heterocycles. The van der Waals surface area contributed by atoms with Crippen molar-refractivity contribution >= 4 is 0 Å². The van der Waals surface area contributed by atoms with Crippen molar-refractivity contribution in [1.29, 1.82) is 0 Å². The monoisotopic (exact) mass is 171 g/mol. The van der Waals surface area contributed by atoms with E-state index in [2.05, 4.69) is 32.6 Å². The molecule has 1 aliphatic heterocycles. The van der Waals surface area contributed by atoms with Gasteiger partial charge in [0.2, 0.25) is 0 Å². The molecule has 0 aromatic rings. The van der Waals surface area contributed by atoms with Crippen molar-refractivity contribution in [3.8, 4) is 0 Å². The van der Waals surface area contributed by atoms with Crippen molar-refractivity contribution in [3.05, 3.63) is 0 Å². The van der Waals surface area contributed by atoms with Gasteiger partial charge in [0.15, 0.2) is 0 Å². The van der Waals surface area contributed by atoms with E-state index in [1.165, 1.54) is 0 Å². The highest BCUT2D eigenvalue weighted by Crippen LogP contribution is 2.23. The molecule has 0 aromatic carbocycles. The molecule has 0 aromatic heterocycles. The lowest BCUT2D eigenvalue weighted by Gasteiger charge is -2.42. The van der Waals surface area contributed by atoms with Crippen molar-refractivity contribution in [3.63, 3.8) is 0 Å². The van der Waals surface area contributed by atoms with Crippen LogP contribution < -0.4 is 0 Å². The van der Waals surface area contributed by atoms with Crippen LogP contribution in [0.25, 0.3) is 0 Å². The molecule has 0 aliphatic carbocycles. The Morgan fingerprint density at radius 2 is 1.92 bits per heavy atom. The van der Waals surface area contributed by atoms with Gasteiger partial charge in [-0.1, -0.05) is 6.92 Å². The molecule has 1 aliphatic rings. The molecule has 3 atom stereocenters. The van der Waals surface area contributed by atoms with E-state index in [0.29, 0.717) is 18.0 Å². The van der Waals surface area contributed by atoms with Crippen LogP contribution in [-0.2, 0) is 0 Å². The van der Waals surface area contributed by atoms with Crippen molar-refractivity contribution in [2.45, 2.75) is 52.3 Å². The van der Waals surface area contributed by atoms with Crippen LogP contribution in [0.15, 0.2) is 0 Å². The fourth-order valence-corrected chi connectivity index (χ4v) is 2.07. The van der Waals surface area contributed by atoms with Gasteiger partial charge in [0.05, 0.1) is 6.10 Å². The highest BCUT2D eigenvalue weighted by Gasteiger charge is 2.30. The zero-order chi connectivity index (χ0) is 9.30. The highest BCUT2D eigenvalue weighted by atomic mass is 16.3. The SMILES string of the molecule is CC(C)N1C[C@@H](C)[C@@H](O)C[C@@H]1C. The summed E-state index contributed by atoms with van der Waals surface area (Å²) in [5.74, 6) is 0.434. The van der Waals surface area contributed by atoms with Crippen LogP contribution >= 0.6 is 0 Å². The Hall–Kier alpha value is -0.0800. The Labute approximate surface area is 75.6 Å². The summed E-state index contributed by atoms with van der Waals surface area (Å²) in [5, 5.41) is 9.62. The van der Waals surface area contributed by atoms with Gasteiger partial charge in [0, 0.05) is 18.6 Å². The summed E-state index contributed by atoms with van der Waals surface area (Å²) in [5.41, 5.74) is 0. The van der Waals surface area contributed by atoms with Crippen LogP contribution in [0.3, 0.4) is 0 Å². The van der Waals surface area contributed by atoms with Crippen molar-refractivity contribution in [2.24, 2.45) is 5.92 Å². The molecule has 1 fully saturated rings. The number of hydrogen-bond donors (Lipinski definition) is 1. The Kier molecular flexibility index (Phi) is 3.13. The lowest BCUT2D eigenvalue weighted by atomic mass is 9.91. The van der Waals surface area contributed by atoms with Gasteiger partial charge in [-0.25, -0.2) is 0 Å². The van der Waals surface area contributed by atoms with Crippen LogP contribution in [0.2, 0.25) is 0 Å². The molecule has 1 N–H and O–H groups in total. The van der Waals surface area contributed by atoms with Crippen molar-refractivity contribution < 1.29 is 5.11 Å². The minimum atomic E-state index is -0.0880. The topological polar surface area (TPSA) is 23.5 Å². The summed E-state index contributed by atoms with van der Waals surface area (Å²) in [6.45, 7) is 9.82. The van der Waals surface area contributed by atoms with Gasteiger partial charge >= 0.3 is 0 Å². The van der Waals surface area contributed by atoms with E-state index in [0.717, 1.165) is 13.0 Å². The second kappa shape index (κ2) is 3.75. The zero-order valence-electron chi connectivity index (χ0n) is 8.62. The normalized spacial score (nSPS) is 39.0. The second-order valence-corrected chi connectivity index (χ2v) is 4.42. The van der Waals surface area contributed by atoms with Crippen LogP contribution in [0.4, 0.5) is 0 Å². The van der Waals surface area contributed by atoms with Gasteiger partial charge in [0.1, 0.15) is 0 Å². The van der Waals surface area contributed by atoms with E-state index in [9.17, 15) is 5.11 Å². The molecule has 0 radical (unpaired) electrons. The van der Waals surface area contributed by atoms with E-state index < -0.39 is 0 Å². The molecule has 2 nitrogen and oxygen atoms in total. The Balaban J connectivity index is 2.55. The van der Waals surface area contributed by atoms with Gasteiger partial charge in [-0.05, 0) is 33.1 Å². The van der Waals surface area contributed by atoms with Gasteiger partial charge < -0.3 is 5.11 Å². The second-order valence-electron chi connectivity index (χ2n) is 4.42. The first-order valence-electron chi connectivity index (χ1n) is 4.96. The van der Waals surface area contributed by atoms with E-state index in [1.807, 2.05) is 0 Å². The predicted octanol–water partition coefficient (Wildman–Crippen LogP) is 1.49. The van der Waals surface area contributed by atoms with Gasteiger partial charge in [0.25, 0.3) is 0 Å². The van der Waals surface area contributed by atoms with Crippen LogP contribution in [0.1, 0.15) is 34.1 Å². The molecule has 2 heteroatoms. The van der Waals surface area contributed by atoms with Gasteiger partial charge in [-0.2, -0.15) is 0 Å². The number of piperidine rings is 1. The summed E-state index contributed by atoms with van der Waals surface area (Å²) < 4.78 is 0. The average molecular weight is 171 g/mol. The minimum absolute atomic E-state index is 0.0880. The molecule has 0 spiro atoms. The van der Waals surface area contributed by atoms with E-state index in [4.69, 9.17) is 0 Å². The molecule has 1 saturated heterocycles. The first-order chi connectivity index (χ1) is 5.52. The van der Waals surface area contributed by atoms with Crippen LogP contribution in [-0.4, -0.2) is 34.7 Å². The number of nitrogens with zero attached hydrogens (tertiary/aromatic N) is 1. The Morgan fingerprint density at radius 1 is 1.33 bits per heavy atom. The molecule has 0 amide bonds. The number of rotatable bonds is 1. The van der Waals surface area contributed by atoms with Gasteiger partial charge in [-0.15, -0.1) is 0 Å². The molecule has 0 bridgehead atoms. The Morgan fingerprint density at radius 3 is 2.42 bits per heavy atom. The number of aliphatic hydroxyl groups excluding tert-OH is 1. The minimum Gasteiger partial charge on any atom is -0.393 e. The van der Waals surface area contributed by atoms with Crippen molar-refractivity contribution in [2.75, 3.05) is 6.54 Å². The fourth-order valence-electron chi connectivity index (χ4n) is 2.07. The maximum absolute atomic E-state index is 9.62. The fraction of sp³-hybridized carbons (Fsp3) is 1.00. The lowest BCUT2D eigenvalue weighted by molar-refractivity contribution is -0.00774. The highest BCUT2D eigenvalue weighted by molar-refractivity contribution is 4.84. The van der Waals surface area contributed by atoms with E-state index in [-0.39, 0.29) is 6.10 Å². The molecular weight excluding hydrogens is 150 g/mol. The summed E-state index contributed by atoms with van der Waals surface area (Å²) in [4.78, 5) is 2.47. The van der Waals surface area contributed by atoms with E-state index in [1.54, 1.807) is 0 Å². The summed E-state index contributed by atoms with van der Waals surface area (Å²) >= 11 is 0. The number of hydrogen-bond acceptors (Lipinski definition) is 2. The molecule has 72 valence electrons. The van der Waals surface area contributed by atoms with E-state index >= 15 is 0 Å². The lowest BCUT2D eigenvalue weighted by Crippen LogP contribution is -2.50. The quantitative estimate of drug-likeness (QED) is 0.646. The number of aliphatic hydroxyl groups is 1. The van der Waals surface area contributed by atoms with Crippen molar-refractivity contribution in [1.82, 2.24) is 4.90 Å². The third-order valence-electron chi connectivity index (χ3n) is 2.97. The largest absolute Gasteiger partial charge is 0.393 e.